The average Bonchev–Trinajstić information content (AvgIpc) is 2.71. The van der Waals surface area contributed by atoms with Gasteiger partial charge in [-0.1, -0.05) is 59.0 Å². The number of methoxy groups -OCH3 is 1. The molecule has 0 aromatic heterocycles. The minimum absolute atomic E-state index is 0.0509. The van der Waals surface area contributed by atoms with Crippen LogP contribution >= 0.6 is 23.2 Å². The van der Waals surface area contributed by atoms with Crippen molar-refractivity contribution in [2.75, 3.05) is 20.8 Å². The lowest BCUT2D eigenvalue weighted by Crippen LogP contribution is -2.20. The Hall–Kier alpha value is -2.44. The minimum atomic E-state index is -0.608. The van der Waals surface area contributed by atoms with E-state index in [4.69, 9.17) is 42.3 Å². The number of hydrogen-bond donors (Lipinski definition) is 0. The summed E-state index contributed by atoms with van der Waals surface area (Å²) in [6.45, 7) is 0.771. The number of halogens is 2. The second-order valence-corrected chi connectivity index (χ2v) is 7.70. The smallest absolute Gasteiger partial charge is 0.360 e. The highest BCUT2D eigenvalue weighted by atomic mass is 35.5. The van der Waals surface area contributed by atoms with Gasteiger partial charge in [0, 0.05) is 17.7 Å². The van der Waals surface area contributed by atoms with Crippen molar-refractivity contribution < 1.29 is 23.8 Å². The number of hydrogen-bond acceptors (Lipinski definition) is 6. The molecule has 2 aromatic carbocycles. The Bertz CT molecular complexity index is 904. The van der Waals surface area contributed by atoms with E-state index in [0.717, 1.165) is 5.56 Å². The predicted octanol–water partition coefficient (Wildman–Crippen LogP) is 5.27. The average molecular weight is 452 g/mol. The molecule has 0 aliphatic heterocycles. The third-order valence-corrected chi connectivity index (χ3v) is 5.45. The molecule has 8 heteroatoms. The van der Waals surface area contributed by atoms with Crippen molar-refractivity contribution in [3.63, 3.8) is 0 Å². The maximum Gasteiger partial charge on any atom is 0.360 e. The fourth-order valence-electron chi connectivity index (χ4n) is 3.04. The summed E-state index contributed by atoms with van der Waals surface area (Å²) in [6.07, 6.45) is 3.60. The molecule has 0 saturated heterocycles. The quantitative estimate of drug-likeness (QED) is 0.295. The maximum atomic E-state index is 12.1. The lowest BCUT2D eigenvalue weighted by Gasteiger charge is -2.25. The monoisotopic (exact) mass is 451 g/mol. The summed E-state index contributed by atoms with van der Waals surface area (Å²) >= 11 is 12.7. The standard InChI is InChI=1S/C22H23Cl2NO5/c1-27-22(26)20(25-28-2)17-9-4-3-8-15(17)13-29-16-10-18(23)21(19(24)11-16)30-12-14-6-5-7-14/h3-4,8-11,14H,5-7,12-13H2,1-2H3. The van der Waals surface area contributed by atoms with E-state index in [2.05, 4.69) is 5.16 Å². The van der Waals surface area contributed by atoms with Crippen LogP contribution in [-0.2, 0) is 21.0 Å². The second kappa shape index (κ2) is 10.5. The van der Waals surface area contributed by atoms with Crippen LogP contribution in [0.4, 0.5) is 0 Å². The molecule has 160 valence electrons. The van der Waals surface area contributed by atoms with Gasteiger partial charge in [-0.2, -0.15) is 0 Å². The van der Waals surface area contributed by atoms with Crippen LogP contribution in [0.25, 0.3) is 0 Å². The van der Waals surface area contributed by atoms with Crippen LogP contribution in [0.1, 0.15) is 30.4 Å². The first-order valence-corrected chi connectivity index (χ1v) is 10.3. The molecular weight excluding hydrogens is 429 g/mol. The van der Waals surface area contributed by atoms with Gasteiger partial charge in [0.2, 0.25) is 0 Å². The number of ether oxygens (including phenoxy) is 3. The number of carbonyl (C=O) groups is 1. The Balaban J connectivity index is 1.74. The summed E-state index contributed by atoms with van der Waals surface area (Å²) in [5.41, 5.74) is 1.31. The van der Waals surface area contributed by atoms with E-state index in [1.165, 1.54) is 33.5 Å². The Labute approximate surface area is 185 Å². The molecule has 2 aromatic rings. The Morgan fingerprint density at radius 2 is 1.80 bits per heavy atom. The van der Waals surface area contributed by atoms with Gasteiger partial charge in [0.1, 0.15) is 19.5 Å². The first kappa shape index (κ1) is 22.2. The molecule has 30 heavy (non-hydrogen) atoms. The van der Waals surface area contributed by atoms with Crippen LogP contribution in [0.5, 0.6) is 11.5 Å². The lowest BCUT2D eigenvalue weighted by atomic mass is 9.86. The Kier molecular flexibility index (Phi) is 7.82. The Morgan fingerprint density at radius 3 is 2.40 bits per heavy atom. The summed E-state index contributed by atoms with van der Waals surface area (Å²) in [5, 5.41) is 4.58. The van der Waals surface area contributed by atoms with Crippen molar-refractivity contribution >= 4 is 34.9 Å². The molecule has 1 aliphatic rings. The molecular formula is C22H23Cl2NO5. The fraction of sp³-hybridized carbons (Fsp3) is 0.364. The van der Waals surface area contributed by atoms with E-state index in [1.54, 1.807) is 24.3 Å². The third-order valence-electron chi connectivity index (χ3n) is 4.89. The van der Waals surface area contributed by atoms with Gasteiger partial charge in [0.05, 0.1) is 23.8 Å². The van der Waals surface area contributed by atoms with Gasteiger partial charge in [0.25, 0.3) is 0 Å². The van der Waals surface area contributed by atoms with Crippen LogP contribution in [0.2, 0.25) is 10.0 Å². The van der Waals surface area contributed by atoms with Crippen molar-refractivity contribution in [3.05, 3.63) is 57.6 Å². The van der Waals surface area contributed by atoms with E-state index in [9.17, 15) is 4.79 Å². The molecule has 3 rings (SSSR count). The first-order valence-electron chi connectivity index (χ1n) is 9.55. The van der Waals surface area contributed by atoms with E-state index in [-0.39, 0.29) is 12.3 Å². The number of nitrogens with zero attached hydrogens (tertiary/aromatic N) is 1. The molecule has 1 saturated carbocycles. The number of oxime groups is 1. The zero-order valence-electron chi connectivity index (χ0n) is 16.8. The summed E-state index contributed by atoms with van der Waals surface area (Å²) in [5.74, 6) is 0.919. The molecule has 6 nitrogen and oxygen atoms in total. The number of benzene rings is 2. The van der Waals surface area contributed by atoms with Gasteiger partial charge in [-0.25, -0.2) is 4.79 Å². The second-order valence-electron chi connectivity index (χ2n) is 6.88. The van der Waals surface area contributed by atoms with Crippen molar-refractivity contribution in [2.45, 2.75) is 25.9 Å². The predicted molar refractivity (Wildman–Crippen MR) is 116 cm³/mol. The van der Waals surface area contributed by atoms with Crippen LogP contribution in [0.15, 0.2) is 41.6 Å². The number of rotatable bonds is 9. The SMILES string of the molecule is CON=C(C(=O)OC)c1ccccc1COc1cc(Cl)c(OCC2CCC2)c(Cl)c1. The van der Waals surface area contributed by atoms with Gasteiger partial charge in [-0.15, -0.1) is 0 Å². The maximum absolute atomic E-state index is 12.1. The highest BCUT2D eigenvalue weighted by Crippen LogP contribution is 2.38. The topological polar surface area (TPSA) is 66.4 Å². The van der Waals surface area contributed by atoms with Crippen LogP contribution < -0.4 is 9.47 Å². The number of esters is 1. The lowest BCUT2D eigenvalue weighted by molar-refractivity contribution is -0.132. The molecule has 0 N–H and O–H groups in total. The molecule has 0 bridgehead atoms. The van der Waals surface area contributed by atoms with Gasteiger partial charge < -0.3 is 19.0 Å². The molecule has 0 amide bonds. The molecule has 1 fully saturated rings. The van der Waals surface area contributed by atoms with Crippen molar-refractivity contribution in [1.82, 2.24) is 0 Å². The highest BCUT2D eigenvalue weighted by molar-refractivity contribution is 6.43. The van der Waals surface area contributed by atoms with E-state index < -0.39 is 5.97 Å². The van der Waals surface area contributed by atoms with Crippen molar-refractivity contribution in [2.24, 2.45) is 11.1 Å². The zero-order valence-corrected chi connectivity index (χ0v) is 18.3. The number of carbonyl (C=O) groups excluding carboxylic acids is 1. The van der Waals surface area contributed by atoms with Crippen LogP contribution in [0.3, 0.4) is 0 Å². The van der Waals surface area contributed by atoms with Crippen molar-refractivity contribution in [3.8, 4) is 11.5 Å². The molecule has 1 aliphatic carbocycles. The van der Waals surface area contributed by atoms with Gasteiger partial charge >= 0.3 is 5.97 Å². The van der Waals surface area contributed by atoms with Crippen LogP contribution in [-0.4, -0.2) is 32.5 Å². The third kappa shape index (κ3) is 5.37. The highest BCUT2D eigenvalue weighted by Gasteiger charge is 2.21. The van der Waals surface area contributed by atoms with E-state index in [0.29, 0.717) is 39.6 Å². The van der Waals surface area contributed by atoms with Crippen LogP contribution in [0, 0.1) is 5.92 Å². The molecule has 0 radical (unpaired) electrons. The summed E-state index contributed by atoms with van der Waals surface area (Å²) in [6, 6.07) is 10.5. The fourth-order valence-corrected chi connectivity index (χ4v) is 3.62. The molecule has 0 unspecified atom stereocenters. The summed E-state index contributed by atoms with van der Waals surface area (Å²) in [4.78, 5) is 16.9. The van der Waals surface area contributed by atoms with Gasteiger partial charge in [-0.3, -0.25) is 0 Å². The Morgan fingerprint density at radius 1 is 1.10 bits per heavy atom. The van der Waals surface area contributed by atoms with E-state index in [1.807, 2.05) is 12.1 Å². The largest absolute Gasteiger partial charge is 0.490 e. The molecule has 0 atom stereocenters. The minimum Gasteiger partial charge on any atom is -0.490 e. The van der Waals surface area contributed by atoms with Gasteiger partial charge in [-0.05, 0) is 24.3 Å². The first-order chi connectivity index (χ1) is 14.5. The normalized spacial score (nSPS) is 14.1. The zero-order chi connectivity index (χ0) is 21.5. The molecule has 0 spiro atoms. The van der Waals surface area contributed by atoms with E-state index >= 15 is 0 Å². The van der Waals surface area contributed by atoms with Gasteiger partial charge in [0.15, 0.2) is 11.5 Å². The molecule has 0 heterocycles. The summed E-state index contributed by atoms with van der Waals surface area (Å²) in [7, 11) is 2.64. The summed E-state index contributed by atoms with van der Waals surface area (Å²) < 4.78 is 16.5. The van der Waals surface area contributed by atoms with Crippen molar-refractivity contribution in [1.29, 1.82) is 0 Å².